The molecule has 0 radical (unpaired) electrons. The molecule has 0 aliphatic carbocycles. The third-order valence-corrected chi connectivity index (χ3v) is 4.95. The number of fused-ring (bicyclic) bond motifs is 1. The van der Waals surface area contributed by atoms with Crippen LogP contribution in [0.25, 0.3) is 11.6 Å². The predicted octanol–water partition coefficient (Wildman–Crippen LogP) is 3.07. The molecule has 19 heavy (non-hydrogen) atoms. The molecule has 0 spiro atoms. The van der Waals surface area contributed by atoms with Gasteiger partial charge in [0.05, 0.1) is 18.5 Å². The van der Waals surface area contributed by atoms with Crippen molar-refractivity contribution < 1.29 is 8.42 Å². The largest absolute Gasteiger partial charge is 0.265 e. The van der Waals surface area contributed by atoms with E-state index in [9.17, 15) is 8.42 Å². The first kappa shape index (κ1) is 12.4. The number of thiophene rings is 1. The lowest BCUT2D eigenvalue weighted by molar-refractivity contribution is 0.599. The molecule has 3 nitrogen and oxygen atoms in total. The van der Waals surface area contributed by atoms with Gasteiger partial charge in [-0.1, -0.05) is 18.2 Å². The highest BCUT2D eigenvalue weighted by atomic mass is 32.2. The molecule has 5 heteroatoms. The Morgan fingerprint density at radius 2 is 2.00 bits per heavy atom. The zero-order valence-corrected chi connectivity index (χ0v) is 12.0. The summed E-state index contributed by atoms with van der Waals surface area (Å²) in [5, 5.41) is 4.04. The Balaban J connectivity index is 2.16. The fourth-order valence-corrected chi connectivity index (χ4v) is 3.81. The van der Waals surface area contributed by atoms with E-state index in [2.05, 4.69) is 6.08 Å². The van der Waals surface area contributed by atoms with Crippen LogP contribution in [0.2, 0.25) is 0 Å². The van der Waals surface area contributed by atoms with Gasteiger partial charge in [-0.15, -0.1) is 0 Å². The molecular weight excluding hydrogens is 278 g/mol. The second-order valence-corrected chi connectivity index (χ2v) is 7.20. The van der Waals surface area contributed by atoms with Gasteiger partial charge in [-0.3, -0.25) is 4.31 Å². The molecule has 3 rings (SSSR count). The normalized spacial score (nSPS) is 15.0. The maximum absolute atomic E-state index is 12.0. The van der Waals surface area contributed by atoms with Crippen LogP contribution in [0.3, 0.4) is 0 Å². The van der Waals surface area contributed by atoms with Crippen molar-refractivity contribution in [2.45, 2.75) is 0 Å². The van der Waals surface area contributed by atoms with E-state index in [0.717, 1.165) is 22.4 Å². The molecule has 0 amide bonds. The van der Waals surface area contributed by atoms with Gasteiger partial charge in [0, 0.05) is 0 Å². The van der Waals surface area contributed by atoms with Gasteiger partial charge in [-0.25, -0.2) is 8.42 Å². The highest BCUT2D eigenvalue weighted by Gasteiger charge is 2.25. The number of para-hydroxylation sites is 1. The average Bonchev–Trinajstić information content (AvgIpc) is 2.90. The van der Waals surface area contributed by atoms with Gasteiger partial charge in [0.1, 0.15) is 0 Å². The zero-order valence-electron chi connectivity index (χ0n) is 10.4. The van der Waals surface area contributed by atoms with E-state index >= 15 is 0 Å². The van der Waals surface area contributed by atoms with Crippen LogP contribution in [0.15, 0.2) is 41.1 Å². The van der Waals surface area contributed by atoms with E-state index in [4.69, 9.17) is 0 Å². The van der Waals surface area contributed by atoms with Crippen molar-refractivity contribution >= 4 is 38.7 Å². The minimum absolute atomic E-state index is 0.395. The van der Waals surface area contributed by atoms with E-state index < -0.39 is 10.0 Å². The third-order valence-electron chi connectivity index (χ3n) is 3.14. The Morgan fingerprint density at radius 1 is 1.21 bits per heavy atom. The van der Waals surface area contributed by atoms with Crippen molar-refractivity contribution in [3.8, 4) is 0 Å². The molecule has 0 bridgehead atoms. The van der Waals surface area contributed by atoms with Crippen LogP contribution in [0.1, 0.15) is 11.1 Å². The van der Waals surface area contributed by atoms with Crippen molar-refractivity contribution in [1.82, 2.24) is 0 Å². The van der Waals surface area contributed by atoms with E-state index in [0.29, 0.717) is 6.54 Å². The summed E-state index contributed by atoms with van der Waals surface area (Å²) in [5.41, 5.74) is 3.82. The maximum atomic E-state index is 12.0. The molecular formula is C14H13NO2S2. The molecule has 1 aliphatic rings. The van der Waals surface area contributed by atoms with Crippen LogP contribution >= 0.6 is 11.3 Å². The Labute approximate surface area is 116 Å². The first-order valence-corrected chi connectivity index (χ1v) is 8.65. The van der Waals surface area contributed by atoms with Gasteiger partial charge in [-0.05, 0) is 45.7 Å². The molecule has 0 unspecified atom stereocenters. The Kier molecular flexibility index (Phi) is 2.95. The quantitative estimate of drug-likeness (QED) is 0.852. The molecule has 1 aromatic carbocycles. The summed E-state index contributed by atoms with van der Waals surface area (Å²) in [4.78, 5) is 0. The highest BCUT2D eigenvalue weighted by Crippen LogP contribution is 2.34. The summed E-state index contributed by atoms with van der Waals surface area (Å²) < 4.78 is 25.4. The van der Waals surface area contributed by atoms with Crippen LogP contribution in [-0.4, -0.2) is 21.2 Å². The van der Waals surface area contributed by atoms with Crippen molar-refractivity contribution in [3.05, 3.63) is 52.2 Å². The molecule has 2 aromatic rings. The first-order chi connectivity index (χ1) is 9.05. The van der Waals surface area contributed by atoms with Crippen LogP contribution in [0.5, 0.6) is 0 Å². The molecule has 0 saturated carbocycles. The molecule has 0 N–H and O–H groups in total. The van der Waals surface area contributed by atoms with Crippen molar-refractivity contribution in [3.63, 3.8) is 0 Å². The van der Waals surface area contributed by atoms with E-state index in [-0.39, 0.29) is 0 Å². The number of anilines is 1. The van der Waals surface area contributed by atoms with Crippen molar-refractivity contribution in [2.75, 3.05) is 17.1 Å². The van der Waals surface area contributed by atoms with Gasteiger partial charge >= 0.3 is 0 Å². The fraction of sp³-hybridized carbons (Fsp3) is 0.143. The lowest BCUT2D eigenvalue weighted by atomic mass is 10.0. The smallest absolute Gasteiger partial charge is 0.232 e. The summed E-state index contributed by atoms with van der Waals surface area (Å²) in [7, 11) is -3.27. The monoisotopic (exact) mass is 291 g/mol. The Morgan fingerprint density at radius 3 is 2.68 bits per heavy atom. The Hall–Kier alpha value is -1.59. The predicted molar refractivity (Wildman–Crippen MR) is 80.8 cm³/mol. The topological polar surface area (TPSA) is 37.4 Å². The number of hydrogen-bond acceptors (Lipinski definition) is 3. The number of hydrogen-bond donors (Lipinski definition) is 0. The number of rotatable bonds is 2. The van der Waals surface area contributed by atoms with Gasteiger partial charge in [0.15, 0.2) is 0 Å². The lowest BCUT2D eigenvalue weighted by Crippen LogP contribution is -2.33. The molecule has 2 heterocycles. The highest BCUT2D eigenvalue weighted by molar-refractivity contribution is 7.92. The maximum Gasteiger partial charge on any atom is 0.232 e. The molecule has 1 aliphatic heterocycles. The average molecular weight is 291 g/mol. The zero-order chi connectivity index (χ0) is 13.5. The summed E-state index contributed by atoms with van der Waals surface area (Å²) >= 11 is 1.61. The fourth-order valence-electron chi connectivity index (χ4n) is 2.23. The minimum atomic E-state index is -3.27. The minimum Gasteiger partial charge on any atom is -0.265 e. The summed E-state index contributed by atoms with van der Waals surface area (Å²) in [6, 6.07) is 9.59. The van der Waals surface area contributed by atoms with E-state index in [1.165, 1.54) is 10.6 Å². The Bertz CT molecular complexity index is 731. The third kappa shape index (κ3) is 2.31. The van der Waals surface area contributed by atoms with Crippen LogP contribution in [0, 0.1) is 0 Å². The second-order valence-electron chi connectivity index (χ2n) is 4.51. The number of sulfonamides is 1. The molecule has 0 fully saturated rings. The SMILES string of the molecule is CS(=O)(=O)N1CC(c2ccsc2)=Cc2ccccc21. The molecule has 0 saturated heterocycles. The standard InChI is InChI=1S/C14H13NO2S2/c1-19(16,17)15-9-13(12-6-7-18-10-12)8-11-4-2-3-5-14(11)15/h2-8,10H,9H2,1H3. The summed E-state index contributed by atoms with van der Waals surface area (Å²) in [5.74, 6) is 0. The molecule has 1 aromatic heterocycles. The van der Waals surface area contributed by atoms with Gasteiger partial charge < -0.3 is 0 Å². The van der Waals surface area contributed by atoms with Crippen molar-refractivity contribution in [1.29, 1.82) is 0 Å². The lowest BCUT2D eigenvalue weighted by Gasteiger charge is -2.29. The number of benzene rings is 1. The molecule has 0 atom stereocenters. The second kappa shape index (κ2) is 4.51. The van der Waals surface area contributed by atoms with Crippen LogP contribution in [0.4, 0.5) is 5.69 Å². The number of nitrogens with zero attached hydrogens (tertiary/aromatic N) is 1. The van der Waals surface area contributed by atoms with Crippen LogP contribution < -0.4 is 4.31 Å². The van der Waals surface area contributed by atoms with Gasteiger partial charge in [0.25, 0.3) is 0 Å². The summed E-state index contributed by atoms with van der Waals surface area (Å²) in [6.45, 7) is 0.395. The van der Waals surface area contributed by atoms with E-state index in [1.807, 2.05) is 41.1 Å². The van der Waals surface area contributed by atoms with E-state index in [1.54, 1.807) is 11.3 Å². The van der Waals surface area contributed by atoms with Crippen LogP contribution in [-0.2, 0) is 10.0 Å². The van der Waals surface area contributed by atoms with Crippen molar-refractivity contribution in [2.24, 2.45) is 0 Å². The van der Waals surface area contributed by atoms with Gasteiger partial charge in [0.2, 0.25) is 10.0 Å². The summed E-state index contributed by atoms with van der Waals surface area (Å²) in [6.07, 6.45) is 3.32. The first-order valence-electron chi connectivity index (χ1n) is 5.85. The molecule has 98 valence electrons. The van der Waals surface area contributed by atoms with Gasteiger partial charge in [-0.2, -0.15) is 11.3 Å².